The van der Waals surface area contributed by atoms with E-state index in [1.807, 2.05) is 4.57 Å². The van der Waals surface area contributed by atoms with Gasteiger partial charge in [0.05, 0.1) is 12.1 Å². The molecule has 0 saturated carbocycles. The number of carbonyl (C=O) groups is 1. The molecule has 1 aliphatic heterocycles. The fourth-order valence-corrected chi connectivity index (χ4v) is 2.69. The smallest absolute Gasteiger partial charge is 0.422 e. The monoisotopic (exact) mass is 369 g/mol. The molecular weight excluding hydrogens is 351 g/mol. The Morgan fingerprint density at radius 1 is 1.23 bits per heavy atom. The fraction of sp³-hybridized carbons (Fsp3) is 0.500. The molecule has 0 fully saturated rings. The predicted molar refractivity (Wildman–Crippen MR) is 84.5 cm³/mol. The molecule has 3 rings (SSSR count). The number of rotatable bonds is 5. The highest BCUT2D eigenvalue weighted by atomic mass is 19.4. The van der Waals surface area contributed by atoms with Crippen LogP contribution in [0.5, 0.6) is 5.88 Å². The summed E-state index contributed by atoms with van der Waals surface area (Å²) in [5.41, 5.74) is 0.222. The Bertz CT molecular complexity index is 758. The Kier molecular flexibility index (Phi) is 5.38. The highest BCUT2D eigenvalue weighted by molar-refractivity contribution is 5.93. The van der Waals surface area contributed by atoms with Gasteiger partial charge in [-0.15, -0.1) is 10.2 Å². The molecule has 1 N–H and O–H groups in total. The van der Waals surface area contributed by atoms with Crippen molar-refractivity contribution in [1.29, 1.82) is 0 Å². The summed E-state index contributed by atoms with van der Waals surface area (Å²) in [6.07, 6.45) is 0.890. The first-order valence-corrected chi connectivity index (χ1v) is 8.27. The topological polar surface area (TPSA) is 81.9 Å². The average molecular weight is 369 g/mol. The Hall–Kier alpha value is -2.65. The van der Waals surface area contributed by atoms with Crippen molar-refractivity contribution in [3.05, 3.63) is 35.5 Å². The van der Waals surface area contributed by atoms with Crippen LogP contribution in [0.15, 0.2) is 18.3 Å². The molecule has 1 amide bonds. The lowest BCUT2D eigenvalue weighted by molar-refractivity contribution is -0.154. The van der Waals surface area contributed by atoms with Gasteiger partial charge in [0.2, 0.25) is 5.88 Å². The third-order valence-electron chi connectivity index (χ3n) is 3.98. The molecule has 0 bridgehead atoms. The summed E-state index contributed by atoms with van der Waals surface area (Å²) in [5, 5.41) is 11.0. The molecule has 26 heavy (non-hydrogen) atoms. The van der Waals surface area contributed by atoms with Gasteiger partial charge in [0.15, 0.2) is 12.4 Å². The van der Waals surface area contributed by atoms with Crippen molar-refractivity contribution < 1.29 is 22.7 Å². The molecule has 3 heterocycles. The van der Waals surface area contributed by atoms with E-state index in [1.54, 1.807) is 0 Å². The van der Waals surface area contributed by atoms with Crippen LogP contribution in [0.2, 0.25) is 0 Å². The molecule has 0 aromatic carbocycles. The van der Waals surface area contributed by atoms with Gasteiger partial charge in [-0.3, -0.25) is 4.79 Å². The van der Waals surface area contributed by atoms with Gasteiger partial charge < -0.3 is 14.6 Å². The number of hydrogen-bond acceptors (Lipinski definition) is 5. The number of alkyl halides is 3. The van der Waals surface area contributed by atoms with Crippen molar-refractivity contribution in [1.82, 2.24) is 25.1 Å². The minimum absolute atomic E-state index is 0.193. The zero-order chi connectivity index (χ0) is 18.6. The van der Waals surface area contributed by atoms with Crippen LogP contribution in [0.25, 0.3) is 0 Å². The molecule has 2 aromatic rings. The Morgan fingerprint density at radius 3 is 2.81 bits per heavy atom. The maximum absolute atomic E-state index is 12.2. The third-order valence-corrected chi connectivity index (χ3v) is 3.98. The van der Waals surface area contributed by atoms with Crippen molar-refractivity contribution >= 4 is 5.91 Å². The van der Waals surface area contributed by atoms with Gasteiger partial charge in [-0.25, -0.2) is 4.98 Å². The summed E-state index contributed by atoms with van der Waals surface area (Å²) in [6, 6.07) is 2.59. The van der Waals surface area contributed by atoms with Crippen LogP contribution in [0.3, 0.4) is 0 Å². The first-order chi connectivity index (χ1) is 12.4. The van der Waals surface area contributed by atoms with E-state index in [-0.39, 0.29) is 18.0 Å². The molecule has 0 unspecified atom stereocenters. The number of pyridine rings is 1. The zero-order valence-electron chi connectivity index (χ0n) is 13.9. The normalized spacial score (nSPS) is 14.4. The number of halogens is 3. The second kappa shape index (κ2) is 7.71. The molecule has 0 atom stereocenters. The van der Waals surface area contributed by atoms with Crippen LogP contribution in [0.1, 0.15) is 41.3 Å². The largest absolute Gasteiger partial charge is 0.468 e. The number of fused-ring (bicyclic) bond motifs is 1. The Labute approximate surface area is 147 Å². The van der Waals surface area contributed by atoms with Crippen molar-refractivity contribution in [3.63, 3.8) is 0 Å². The van der Waals surface area contributed by atoms with Crippen LogP contribution in [-0.2, 0) is 19.5 Å². The minimum atomic E-state index is -4.44. The molecule has 0 aliphatic carbocycles. The van der Waals surface area contributed by atoms with Crippen LogP contribution in [0.4, 0.5) is 13.2 Å². The van der Waals surface area contributed by atoms with Crippen molar-refractivity contribution in [2.24, 2.45) is 0 Å². The maximum Gasteiger partial charge on any atom is 0.422 e. The van der Waals surface area contributed by atoms with E-state index in [0.29, 0.717) is 5.82 Å². The lowest BCUT2D eigenvalue weighted by Crippen LogP contribution is -2.25. The van der Waals surface area contributed by atoms with Crippen molar-refractivity contribution in [2.75, 3.05) is 6.61 Å². The van der Waals surface area contributed by atoms with Gasteiger partial charge in [-0.1, -0.05) is 6.42 Å². The van der Waals surface area contributed by atoms with Crippen LogP contribution < -0.4 is 10.1 Å². The lowest BCUT2D eigenvalue weighted by atomic mass is 10.2. The van der Waals surface area contributed by atoms with Crippen molar-refractivity contribution in [3.8, 4) is 5.88 Å². The molecule has 2 aromatic heterocycles. The summed E-state index contributed by atoms with van der Waals surface area (Å²) in [4.78, 5) is 15.9. The minimum Gasteiger partial charge on any atom is -0.468 e. The summed E-state index contributed by atoms with van der Waals surface area (Å²) < 4.78 is 42.8. The van der Waals surface area contributed by atoms with E-state index in [9.17, 15) is 18.0 Å². The number of hydrogen-bond donors (Lipinski definition) is 1. The van der Waals surface area contributed by atoms with E-state index in [2.05, 4.69) is 25.2 Å². The molecule has 1 aliphatic rings. The van der Waals surface area contributed by atoms with Crippen molar-refractivity contribution in [2.45, 2.75) is 44.9 Å². The van der Waals surface area contributed by atoms with Gasteiger partial charge >= 0.3 is 6.18 Å². The van der Waals surface area contributed by atoms with E-state index in [1.165, 1.54) is 18.3 Å². The standard InChI is InChI=1S/C16H18F3N5O2/c17-16(18,19)10-26-14-6-5-11(8-20-14)15(25)21-9-13-23-22-12-4-2-1-3-7-24(12)13/h5-6,8H,1-4,7,9-10H2,(H,21,25). The average Bonchev–Trinajstić information content (AvgIpc) is 2.84. The maximum atomic E-state index is 12.2. The second-order valence-corrected chi connectivity index (χ2v) is 5.97. The molecular formula is C16H18F3N5O2. The van der Waals surface area contributed by atoms with Gasteiger partial charge in [0.25, 0.3) is 5.91 Å². The first-order valence-electron chi connectivity index (χ1n) is 8.27. The van der Waals surface area contributed by atoms with Crippen LogP contribution in [0, 0.1) is 0 Å². The molecule has 10 heteroatoms. The van der Waals surface area contributed by atoms with E-state index in [4.69, 9.17) is 0 Å². The summed E-state index contributed by atoms with van der Waals surface area (Å²) >= 11 is 0. The SMILES string of the molecule is O=C(NCc1nnc2n1CCCCC2)c1ccc(OCC(F)(F)F)nc1. The van der Waals surface area contributed by atoms with Crippen LogP contribution in [-0.4, -0.2) is 38.4 Å². The molecule has 0 spiro atoms. The number of nitrogens with zero attached hydrogens (tertiary/aromatic N) is 4. The molecule has 7 nitrogen and oxygen atoms in total. The highest BCUT2D eigenvalue weighted by Crippen LogP contribution is 2.17. The summed E-state index contributed by atoms with van der Waals surface area (Å²) in [7, 11) is 0. The second-order valence-electron chi connectivity index (χ2n) is 5.97. The molecule has 0 radical (unpaired) electrons. The Balaban J connectivity index is 1.56. The number of nitrogens with one attached hydrogen (secondary N) is 1. The third kappa shape index (κ3) is 4.70. The van der Waals surface area contributed by atoms with Gasteiger partial charge in [0.1, 0.15) is 5.82 Å². The molecule has 0 saturated heterocycles. The number of carbonyl (C=O) groups excluding carboxylic acids is 1. The number of aryl methyl sites for hydroxylation is 1. The fourth-order valence-electron chi connectivity index (χ4n) is 2.69. The van der Waals surface area contributed by atoms with Gasteiger partial charge in [-0.05, 0) is 18.9 Å². The quantitative estimate of drug-likeness (QED) is 0.874. The summed E-state index contributed by atoms with van der Waals surface area (Å²) in [6.45, 7) is -0.373. The number of ether oxygens (including phenoxy) is 1. The lowest BCUT2D eigenvalue weighted by Gasteiger charge is -2.09. The first kappa shape index (κ1) is 18.2. The van der Waals surface area contributed by atoms with Crippen LogP contribution >= 0.6 is 0 Å². The number of aromatic nitrogens is 4. The summed E-state index contributed by atoms with van der Waals surface area (Å²) in [5.74, 6) is 1.03. The zero-order valence-corrected chi connectivity index (χ0v) is 13.9. The van der Waals surface area contributed by atoms with E-state index < -0.39 is 18.7 Å². The Morgan fingerprint density at radius 2 is 2.08 bits per heavy atom. The predicted octanol–water partition coefficient (Wildman–Crippen LogP) is 2.27. The van der Waals surface area contributed by atoms with Gasteiger partial charge in [-0.2, -0.15) is 13.2 Å². The van der Waals surface area contributed by atoms with E-state index in [0.717, 1.165) is 38.1 Å². The van der Waals surface area contributed by atoms with E-state index >= 15 is 0 Å². The van der Waals surface area contributed by atoms with Gasteiger partial charge in [0, 0.05) is 25.2 Å². The molecule has 140 valence electrons. The number of amides is 1. The highest BCUT2D eigenvalue weighted by Gasteiger charge is 2.28.